The highest BCUT2D eigenvalue weighted by atomic mass is 19.3. The van der Waals surface area contributed by atoms with Gasteiger partial charge in [0.1, 0.15) is 5.76 Å². The fourth-order valence-corrected chi connectivity index (χ4v) is 6.17. The molecule has 4 aromatic heterocycles. The van der Waals surface area contributed by atoms with Gasteiger partial charge in [-0.3, -0.25) is 9.67 Å². The molecule has 202 valence electrons. The van der Waals surface area contributed by atoms with Crippen LogP contribution in [0.15, 0.2) is 35.4 Å². The minimum atomic E-state index is -2.53. The molecule has 5 heterocycles. The van der Waals surface area contributed by atoms with E-state index in [1.165, 1.54) is 32.4 Å². The summed E-state index contributed by atoms with van der Waals surface area (Å²) in [6, 6.07) is 2.14. The Balaban J connectivity index is 1.32. The van der Waals surface area contributed by atoms with E-state index in [-0.39, 0.29) is 18.8 Å². The molecular weight excluding hydrogens is 486 g/mol. The molecule has 0 atom stereocenters. The van der Waals surface area contributed by atoms with Gasteiger partial charge in [-0.1, -0.05) is 11.6 Å². The van der Waals surface area contributed by atoms with E-state index in [1.807, 2.05) is 30.9 Å². The van der Waals surface area contributed by atoms with Crippen LogP contribution in [-0.4, -0.2) is 54.9 Å². The molecule has 2 fully saturated rings. The van der Waals surface area contributed by atoms with Crippen LogP contribution in [0.1, 0.15) is 56.4 Å². The van der Waals surface area contributed by atoms with Gasteiger partial charge in [0, 0.05) is 66.8 Å². The lowest BCUT2D eigenvalue weighted by Gasteiger charge is -2.28. The minimum absolute atomic E-state index is 0.0317. The van der Waals surface area contributed by atoms with E-state index in [9.17, 15) is 8.78 Å². The van der Waals surface area contributed by atoms with E-state index in [0.717, 1.165) is 57.8 Å². The number of aromatic nitrogens is 5. The SMILES string of the molecule is Cc1noc(C)c1-c1cnc2c(-c3cnn(CCN4CCCCC4)c3)cn(CC3CCC(F)(F)CC3)c2c1. The van der Waals surface area contributed by atoms with Crippen LogP contribution in [0, 0.1) is 19.8 Å². The van der Waals surface area contributed by atoms with E-state index in [1.54, 1.807) is 0 Å². The lowest BCUT2D eigenvalue weighted by Crippen LogP contribution is -2.32. The Bertz CT molecular complexity index is 1380. The zero-order valence-corrected chi connectivity index (χ0v) is 22.3. The van der Waals surface area contributed by atoms with E-state index in [0.29, 0.717) is 19.4 Å². The summed E-state index contributed by atoms with van der Waals surface area (Å²) in [5.41, 5.74) is 6.68. The van der Waals surface area contributed by atoms with Crippen molar-refractivity contribution < 1.29 is 13.3 Å². The zero-order chi connectivity index (χ0) is 26.3. The molecule has 38 heavy (non-hydrogen) atoms. The van der Waals surface area contributed by atoms with E-state index < -0.39 is 5.92 Å². The quantitative estimate of drug-likeness (QED) is 0.278. The first kappa shape index (κ1) is 25.2. The van der Waals surface area contributed by atoms with Crippen LogP contribution in [0.3, 0.4) is 0 Å². The van der Waals surface area contributed by atoms with Crippen LogP contribution < -0.4 is 0 Å². The van der Waals surface area contributed by atoms with Crippen molar-refractivity contribution in [2.45, 2.75) is 77.8 Å². The third-order valence-corrected chi connectivity index (χ3v) is 8.37. The van der Waals surface area contributed by atoms with Gasteiger partial charge in [-0.15, -0.1) is 0 Å². The van der Waals surface area contributed by atoms with Crippen LogP contribution in [0.4, 0.5) is 8.78 Å². The fourth-order valence-electron chi connectivity index (χ4n) is 6.17. The highest BCUT2D eigenvalue weighted by Gasteiger charge is 2.35. The average Bonchev–Trinajstić information content (AvgIpc) is 3.62. The Morgan fingerprint density at radius 3 is 2.53 bits per heavy atom. The molecule has 0 amide bonds. The molecule has 0 radical (unpaired) electrons. The summed E-state index contributed by atoms with van der Waals surface area (Å²) in [4.78, 5) is 7.42. The second-order valence-electron chi connectivity index (χ2n) is 11.2. The Labute approximate surface area is 221 Å². The molecule has 1 aliphatic heterocycles. The number of aryl methyl sites for hydroxylation is 2. The Morgan fingerprint density at radius 2 is 1.79 bits per heavy atom. The first-order valence-electron chi connectivity index (χ1n) is 13.9. The molecule has 0 bridgehead atoms. The molecule has 0 aromatic carbocycles. The van der Waals surface area contributed by atoms with Gasteiger partial charge in [-0.05, 0) is 64.6 Å². The van der Waals surface area contributed by atoms with E-state index in [2.05, 4.69) is 38.2 Å². The van der Waals surface area contributed by atoms with Gasteiger partial charge in [0.05, 0.1) is 29.5 Å². The molecule has 7 nitrogen and oxygen atoms in total. The van der Waals surface area contributed by atoms with Crippen molar-refractivity contribution in [1.29, 1.82) is 0 Å². The number of alkyl halides is 2. The predicted octanol–water partition coefficient (Wildman–Crippen LogP) is 6.48. The largest absolute Gasteiger partial charge is 0.361 e. The first-order valence-corrected chi connectivity index (χ1v) is 13.9. The van der Waals surface area contributed by atoms with Crippen LogP contribution >= 0.6 is 0 Å². The second kappa shape index (κ2) is 10.2. The summed E-state index contributed by atoms with van der Waals surface area (Å²) < 4.78 is 37.3. The molecule has 1 saturated carbocycles. The monoisotopic (exact) mass is 522 g/mol. The van der Waals surface area contributed by atoms with Gasteiger partial charge in [-0.25, -0.2) is 8.78 Å². The van der Waals surface area contributed by atoms with Gasteiger partial charge < -0.3 is 14.0 Å². The summed E-state index contributed by atoms with van der Waals surface area (Å²) in [6.07, 6.45) is 12.9. The number of hydrogen-bond donors (Lipinski definition) is 0. The van der Waals surface area contributed by atoms with Gasteiger partial charge >= 0.3 is 0 Å². The third kappa shape index (κ3) is 5.13. The second-order valence-corrected chi connectivity index (χ2v) is 11.2. The Kier molecular flexibility index (Phi) is 6.80. The van der Waals surface area contributed by atoms with Crippen molar-refractivity contribution in [1.82, 2.24) is 29.4 Å². The standard InChI is InChI=1S/C29H36F2N6O/c1-20-27(21(2)38-34-20)23-14-26-28(32-15-23)25(19-36(26)17-22-6-8-29(30,31)9-7-22)24-16-33-37(18-24)13-12-35-10-4-3-5-11-35/h14-16,18-19,22H,3-13,17H2,1-2H3. The highest BCUT2D eigenvalue weighted by Crippen LogP contribution is 2.39. The molecule has 0 N–H and O–H groups in total. The number of likely N-dealkylation sites (tertiary alicyclic amines) is 1. The van der Waals surface area contributed by atoms with Gasteiger partial charge in [0.15, 0.2) is 0 Å². The minimum Gasteiger partial charge on any atom is -0.361 e. The van der Waals surface area contributed by atoms with E-state index >= 15 is 0 Å². The van der Waals surface area contributed by atoms with E-state index in [4.69, 9.17) is 9.51 Å². The number of fused-ring (bicyclic) bond motifs is 1. The van der Waals surface area contributed by atoms with Crippen molar-refractivity contribution in [3.8, 4) is 22.3 Å². The summed E-state index contributed by atoms with van der Waals surface area (Å²) in [7, 11) is 0. The van der Waals surface area contributed by atoms with Crippen molar-refractivity contribution in [3.05, 3.63) is 42.3 Å². The summed E-state index contributed by atoms with van der Waals surface area (Å²) in [5.74, 6) is -1.55. The highest BCUT2D eigenvalue weighted by molar-refractivity contribution is 5.94. The van der Waals surface area contributed by atoms with Crippen molar-refractivity contribution in [2.75, 3.05) is 19.6 Å². The zero-order valence-electron chi connectivity index (χ0n) is 22.3. The summed E-state index contributed by atoms with van der Waals surface area (Å²) >= 11 is 0. The number of rotatable bonds is 7. The summed E-state index contributed by atoms with van der Waals surface area (Å²) in [6.45, 7) is 8.75. The number of halogens is 2. The maximum absolute atomic E-state index is 13.8. The molecule has 6 rings (SSSR count). The van der Waals surface area contributed by atoms with Crippen LogP contribution in [0.2, 0.25) is 0 Å². The smallest absolute Gasteiger partial charge is 0.248 e. The molecule has 4 aromatic rings. The lowest BCUT2D eigenvalue weighted by molar-refractivity contribution is -0.0472. The van der Waals surface area contributed by atoms with Crippen LogP contribution in [0.5, 0.6) is 0 Å². The molecule has 0 spiro atoms. The Morgan fingerprint density at radius 1 is 1.00 bits per heavy atom. The van der Waals surface area contributed by atoms with Crippen LogP contribution in [-0.2, 0) is 13.1 Å². The summed E-state index contributed by atoms with van der Waals surface area (Å²) in [5, 5.41) is 8.77. The number of piperidine rings is 1. The molecule has 1 saturated heterocycles. The number of pyridine rings is 1. The van der Waals surface area contributed by atoms with Crippen molar-refractivity contribution >= 4 is 11.0 Å². The topological polar surface area (TPSA) is 64.9 Å². The fraction of sp³-hybridized carbons (Fsp3) is 0.552. The third-order valence-electron chi connectivity index (χ3n) is 8.37. The molecule has 9 heteroatoms. The number of hydrogen-bond acceptors (Lipinski definition) is 5. The molecule has 0 unspecified atom stereocenters. The van der Waals surface area contributed by atoms with Gasteiger partial charge in [-0.2, -0.15) is 5.10 Å². The maximum atomic E-state index is 13.8. The van der Waals surface area contributed by atoms with Gasteiger partial charge in [0.2, 0.25) is 5.92 Å². The molecular formula is C29H36F2N6O. The molecule has 1 aliphatic carbocycles. The lowest BCUT2D eigenvalue weighted by atomic mass is 9.87. The average molecular weight is 523 g/mol. The Hall–Kier alpha value is -3.07. The number of nitrogens with zero attached hydrogens (tertiary/aromatic N) is 6. The first-order chi connectivity index (χ1) is 18.4. The van der Waals surface area contributed by atoms with Crippen molar-refractivity contribution in [3.63, 3.8) is 0 Å². The maximum Gasteiger partial charge on any atom is 0.248 e. The predicted molar refractivity (Wildman–Crippen MR) is 143 cm³/mol. The molecule has 2 aliphatic rings. The van der Waals surface area contributed by atoms with Crippen LogP contribution in [0.25, 0.3) is 33.3 Å². The van der Waals surface area contributed by atoms with Crippen molar-refractivity contribution in [2.24, 2.45) is 5.92 Å². The van der Waals surface area contributed by atoms with Gasteiger partial charge in [0.25, 0.3) is 0 Å². The normalized spacial score (nSPS) is 18.9.